The van der Waals surface area contributed by atoms with E-state index in [9.17, 15) is 9.90 Å². The Bertz CT molecular complexity index is 1030. The molecule has 1 amide bonds. The molecule has 2 heterocycles. The van der Waals surface area contributed by atoms with Crippen molar-refractivity contribution in [1.29, 1.82) is 0 Å². The van der Waals surface area contributed by atoms with Crippen LogP contribution in [0.25, 0.3) is 11.3 Å². The molecule has 1 aliphatic rings. The fourth-order valence-corrected chi connectivity index (χ4v) is 3.94. The first-order valence-corrected chi connectivity index (χ1v) is 10.0. The number of carbonyl (C=O) groups excluding carboxylic acids is 1. The van der Waals surface area contributed by atoms with Crippen LogP contribution in [0.4, 0.5) is 0 Å². The van der Waals surface area contributed by atoms with Crippen LogP contribution in [0, 0.1) is 0 Å². The van der Waals surface area contributed by atoms with E-state index in [4.69, 9.17) is 9.47 Å². The first-order valence-electron chi connectivity index (χ1n) is 10.0. The van der Waals surface area contributed by atoms with Crippen LogP contribution in [0.3, 0.4) is 0 Å². The van der Waals surface area contributed by atoms with Gasteiger partial charge in [-0.1, -0.05) is 12.1 Å². The second kappa shape index (κ2) is 8.59. The van der Waals surface area contributed by atoms with Crippen molar-refractivity contribution >= 4 is 5.91 Å². The van der Waals surface area contributed by atoms with Gasteiger partial charge < -0.3 is 19.5 Å². The summed E-state index contributed by atoms with van der Waals surface area (Å²) in [5.74, 6) is 0.853. The number of H-pyrrole nitrogens is 1. The van der Waals surface area contributed by atoms with Crippen molar-refractivity contribution in [2.45, 2.75) is 19.4 Å². The molecule has 1 unspecified atom stereocenters. The van der Waals surface area contributed by atoms with Gasteiger partial charge in [-0.2, -0.15) is 5.10 Å². The summed E-state index contributed by atoms with van der Waals surface area (Å²) in [6.07, 6.45) is 0.716. The number of amides is 1. The van der Waals surface area contributed by atoms with Gasteiger partial charge >= 0.3 is 0 Å². The minimum Gasteiger partial charge on any atom is -0.508 e. The summed E-state index contributed by atoms with van der Waals surface area (Å²) in [6.45, 7) is 3.65. The zero-order valence-corrected chi connectivity index (χ0v) is 17.1. The topological polar surface area (TPSA) is 87.7 Å². The van der Waals surface area contributed by atoms with E-state index in [-0.39, 0.29) is 17.7 Å². The number of methoxy groups -OCH3 is 1. The van der Waals surface area contributed by atoms with Crippen LogP contribution in [-0.2, 0) is 4.74 Å². The number of carbonyl (C=O) groups is 1. The Kier molecular flexibility index (Phi) is 5.72. The van der Waals surface area contributed by atoms with Gasteiger partial charge in [0.15, 0.2) is 0 Å². The molecule has 0 saturated carbocycles. The molecule has 1 atom stereocenters. The second-order valence-electron chi connectivity index (χ2n) is 7.16. The number of aromatic nitrogens is 2. The van der Waals surface area contributed by atoms with Gasteiger partial charge in [-0.25, -0.2) is 0 Å². The summed E-state index contributed by atoms with van der Waals surface area (Å²) in [4.78, 5) is 15.0. The highest BCUT2D eigenvalue weighted by Gasteiger charge is 2.41. The van der Waals surface area contributed by atoms with Crippen molar-refractivity contribution in [3.63, 3.8) is 0 Å². The summed E-state index contributed by atoms with van der Waals surface area (Å²) in [5, 5.41) is 17.5. The molecular formula is C23H25N3O4. The number of benzene rings is 2. The molecular weight excluding hydrogens is 382 g/mol. The van der Waals surface area contributed by atoms with Crippen LogP contribution in [0.15, 0.2) is 48.5 Å². The van der Waals surface area contributed by atoms with E-state index in [1.165, 1.54) is 0 Å². The average molecular weight is 407 g/mol. The lowest BCUT2D eigenvalue weighted by Crippen LogP contribution is -2.31. The molecule has 0 bridgehead atoms. The number of aromatic amines is 1. The second-order valence-corrected chi connectivity index (χ2v) is 7.16. The molecule has 30 heavy (non-hydrogen) atoms. The average Bonchev–Trinajstić information content (AvgIpc) is 3.28. The van der Waals surface area contributed by atoms with E-state index >= 15 is 0 Å². The predicted octanol–water partition coefficient (Wildman–Crippen LogP) is 3.76. The molecule has 156 valence electrons. The van der Waals surface area contributed by atoms with Crippen molar-refractivity contribution in [2.75, 3.05) is 26.9 Å². The summed E-state index contributed by atoms with van der Waals surface area (Å²) >= 11 is 0. The molecule has 1 aromatic heterocycles. The SMILES string of the molecule is CCOc1ccc(-c2n[nH]c3c2C(c2cccc(O)c2)N(CCCOC)C3=O)cc1. The lowest BCUT2D eigenvalue weighted by molar-refractivity contribution is 0.0723. The van der Waals surface area contributed by atoms with Crippen molar-refractivity contribution in [2.24, 2.45) is 0 Å². The molecule has 0 spiro atoms. The lowest BCUT2D eigenvalue weighted by atomic mass is 9.96. The van der Waals surface area contributed by atoms with Crippen LogP contribution in [0.5, 0.6) is 11.5 Å². The Hall–Kier alpha value is -3.32. The van der Waals surface area contributed by atoms with Crippen LogP contribution in [0.2, 0.25) is 0 Å². The number of ether oxygens (including phenoxy) is 2. The number of hydrogen-bond donors (Lipinski definition) is 2. The van der Waals surface area contributed by atoms with E-state index in [1.807, 2.05) is 42.2 Å². The fraction of sp³-hybridized carbons (Fsp3) is 0.304. The molecule has 4 rings (SSSR count). The van der Waals surface area contributed by atoms with Gasteiger partial charge in [0.2, 0.25) is 0 Å². The molecule has 0 aliphatic carbocycles. The Morgan fingerprint density at radius 1 is 1.20 bits per heavy atom. The molecule has 3 aromatic rings. The minimum absolute atomic E-state index is 0.0980. The molecule has 2 aromatic carbocycles. The third-order valence-electron chi connectivity index (χ3n) is 5.24. The predicted molar refractivity (Wildman–Crippen MR) is 113 cm³/mol. The van der Waals surface area contributed by atoms with Crippen LogP contribution in [0.1, 0.15) is 41.0 Å². The normalized spacial score (nSPS) is 15.5. The minimum atomic E-state index is -0.336. The van der Waals surface area contributed by atoms with Gasteiger partial charge in [0.25, 0.3) is 5.91 Å². The zero-order valence-electron chi connectivity index (χ0n) is 17.1. The van der Waals surface area contributed by atoms with E-state index < -0.39 is 0 Å². The third-order valence-corrected chi connectivity index (χ3v) is 5.24. The number of nitrogens with one attached hydrogen (secondary N) is 1. The Morgan fingerprint density at radius 3 is 2.70 bits per heavy atom. The molecule has 0 fully saturated rings. The van der Waals surface area contributed by atoms with E-state index in [0.29, 0.717) is 31.9 Å². The summed E-state index contributed by atoms with van der Waals surface area (Å²) in [5.41, 5.74) is 3.78. The Balaban J connectivity index is 1.77. The molecule has 7 nitrogen and oxygen atoms in total. The summed E-state index contributed by atoms with van der Waals surface area (Å²) in [7, 11) is 1.65. The van der Waals surface area contributed by atoms with Gasteiger partial charge in [-0.3, -0.25) is 9.89 Å². The highest BCUT2D eigenvalue weighted by molar-refractivity contribution is 6.00. The van der Waals surface area contributed by atoms with E-state index in [1.54, 1.807) is 25.3 Å². The Morgan fingerprint density at radius 2 is 2.00 bits per heavy atom. The van der Waals surface area contributed by atoms with Gasteiger partial charge in [-0.15, -0.1) is 0 Å². The van der Waals surface area contributed by atoms with Gasteiger partial charge in [-0.05, 0) is 55.3 Å². The monoisotopic (exact) mass is 407 g/mol. The van der Waals surface area contributed by atoms with Crippen molar-refractivity contribution < 1.29 is 19.4 Å². The van der Waals surface area contributed by atoms with Gasteiger partial charge in [0, 0.05) is 31.4 Å². The number of fused-ring (bicyclic) bond motifs is 1. The van der Waals surface area contributed by atoms with Crippen molar-refractivity contribution in [3.05, 3.63) is 65.4 Å². The Labute approximate surface area is 175 Å². The standard InChI is InChI=1S/C23H25N3O4/c1-3-30-18-10-8-15(9-11-18)20-19-21(25-24-20)23(28)26(12-5-13-29-2)22(19)16-6-4-7-17(27)14-16/h4,6-11,14,22,27H,3,5,12-13H2,1-2H3,(H,24,25). The van der Waals surface area contributed by atoms with Crippen molar-refractivity contribution in [3.8, 4) is 22.8 Å². The highest BCUT2D eigenvalue weighted by Crippen LogP contribution is 2.43. The molecule has 7 heteroatoms. The maximum absolute atomic E-state index is 13.2. The number of aromatic hydroxyl groups is 1. The quantitative estimate of drug-likeness (QED) is 0.555. The van der Waals surface area contributed by atoms with Crippen LogP contribution in [-0.4, -0.2) is 53.0 Å². The summed E-state index contributed by atoms with van der Waals surface area (Å²) < 4.78 is 10.7. The molecule has 0 saturated heterocycles. The summed E-state index contributed by atoms with van der Waals surface area (Å²) in [6, 6.07) is 14.4. The molecule has 1 aliphatic heterocycles. The zero-order chi connectivity index (χ0) is 21.1. The number of hydrogen-bond acceptors (Lipinski definition) is 5. The smallest absolute Gasteiger partial charge is 0.273 e. The number of rotatable bonds is 8. The fourth-order valence-electron chi connectivity index (χ4n) is 3.94. The maximum Gasteiger partial charge on any atom is 0.273 e. The molecule has 2 N–H and O–H groups in total. The first-order chi connectivity index (χ1) is 14.6. The first kappa shape index (κ1) is 20.0. The third kappa shape index (κ3) is 3.64. The largest absolute Gasteiger partial charge is 0.508 e. The molecule has 0 radical (unpaired) electrons. The number of phenols is 1. The van der Waals surface area contributed by atoms with Crippen LogP contribution < -0.4 is 4.74 Å². The lowest BCUT2D eigenvalue weighted by Gasteiger charge is -2.26. The van der Waals surface area contributed by atoms with Crippen molar-refractivity contribution in [1.82, 2.24) is 15.1 Å². The van der Waals surface area contributed by atoms with Gasteiger partial charge in [0.05, 0.1) is 18.3 Å². The van der Waals surface area contributed by atoms with E-state index in [2.05, 4.69) is 10.2 Å². The number of phenolic OH excluding ortho intramolecular Hbond substituents is 1. The van der Waals surface area contributed by atoms with Gasteiger partial charge in [0.1, 0.15) is 17.2 Å². The van der Waals surface area contributed by atoms with Crippen LogP contribution >= 0.6 is 0 Å². The maximum atomic E-state index is 13.2. The highest BCUT2D eigenvalue weighted by atomic mass is 16.5. The number of nitrogens with zero attached hydrogens (tertiary/aromatic N) is 2. The van der Waals surface area contributed by atoms with E-state index in [0.717, 1.165) is 28.1 Å².